The molecule has 1 aliphatic heterocycles. The third-order valence-electron chi connectivity index (χ3n) is 4.18. The first kappa shape index (κ1) is 19.8. The third-order valence-corrected chi connectivity index (χ3v) is 8.46. The number of ether oxygens (including phenoxy) is 1. The summed E-state index contributed by atoms with van der Waals surface area (Å²) in [5.74, 6) is 0. The van der Waals surface area contributed by atoms with Crippen LogP contribution >= 0.6 is 0 Å². The van der Waals surface area contributed by atoms with Crippen molar-refractivity contribution in [1.29, 1.82) is 0 Å². The average molecular weight is 528 g/mol. The van der Waals surface area contributed by atoms with Gasteiger partial charge in [0.1, 0.15) is 0 Å². The van der Waals surface area contributed by atoms with Crippen molar-refractivity contribution in [2.45, 2.75) is 50.6 Å². The molecule has 3 atom stereocenters. The SMILES string of the molecule is [Br-].[CH2][C@@H]1C[C@H]([Si](C)(C)c2ccccc2)[C@H](CC)O1.[Hg+]. The van der Waals surface area contributed by atoms with Crippen LogP contribution in [0.4, 0.5) is 0 Å². The van der Waals surface area contributed by atoms with Gasteiger partial charge in [-0.05, 0) is 25.3 Å². The van der Waals surface area contributed by atoms with Crippen molar-refractivity contribution in [3.05, 3.63) is 37.3 Å². The van der Waals surface area contributed by atoms with Crippen LogP contribution in [-0.2, 0) is 32.4 Å². The molecule has 4 heteroatoms. The number of benzene rings is 1. The van der Waals surface area contributed by atoms with Crippen LogP contribution in [0.5, 0.6) is 0 Å². The van der Waals surface area contributed by atoms with Gasteiger partial charge in [-0.3, -0.25) is 0 Å². The Labute approximate surface area is 149 Å². The zero-order valence-corrected chi connectivity index (χ0v) is 20.3. The summed E-state index contributed by atoms with van der Waals surface area (Å²) in [7, 11) is -1.44. The van der Waals surface area contributed by atoms with Gasteiger partial charge in [0.2, 0.25) is 0 Å². The van der Waals surface area contributed by atoms with Crippen LogP contribution in [0.1, 0.15) is 19.8 Å². The summed E-state index contributed by atoms with van der Waals surface area (Å²) < 4.78 is 5.95. The summed E-state index contributed by atoms with van der Waals surface area (Å²) in [6.07, 6.45) is 2.85. The van der Waals surface area contributed by atoms with Gasteiger partial charge in [-0.15, -0.1) is 0 Å². The molecule has 0 amide bonds. The number of hydrogen-bond acceptors (Lipinski definition) is 1. The zero-order chi connectivity index (χ0) is 12.5. The summed E-state index contributed by atoms with van der Waals surface area (Å²) in [5, 5.41) is 1.54. The Bertz CT molecular complexity index is 372. The van der Waals surface area contributed by atoms with Crippen LogP contribution in [0.3, 0.4) is 0 Å². The second kappa shape index (κ2) is 8.30. The zero-order valence-electron chi connectivity index (χ0n) is 12.2. The molecule has 19 heavy (non-hydrogen) atoms. The van der Waals surface area contributed by atoms with E-state index in [0.29, 0.717) is 11.6 Å². The van der Waals surface area contributed by atoms with Gasteiger partial charge in [-0.2, -0.15) is 0 Å². The molecule has 1 aliphatic rings. The van der Waals surface area contributed by atoms with Gasteiger partial charge in [-0.1, -0.05) is 55.5 Å². The van der Waals surface area contributed by atoms with Crippen molar-refractivity contribution in [2.24, 2.45) is 0 Å². The Morgan fingerprint density at radius 1 is 1.26 bits per heavy atom. The molecular weight excluding hydrogens is 505 g/mol. The maximum absolute atomic E-state index is 5.95. The van der Waals surface area contributed by atoms with Crippen LogP contribution in [0, 0.1) is 6.92 Å². The quantitative estimate of drug-likeness (QED) is 0.517. The predicted molar refractivity (Wildman–Crippen MR) is 76.2 cm³/mol. The fourth-order valence-corrected chi connectivity index (χ4v) is 6.63. The first-order chi connectivity index (χ1) is 8.05. The van der Waals surface area contributed by atoms with Gasteiger partial charge in [0.05, 0.1) is 20.3 Å². The average Bonchev–Trinajstić information content (AvgIpc) is 2.72. The number of halogens is 1. The summed E-state index contributed by atoms with van der Waals surface area (Å²) in [4.78, 5) is 0. The number of rotatable bonds is 3. The smallest absolute Gasteiger partial charge is 1.00 e. The van der Waals surface area contributed by atoms with E-state index in [1.807, 2.05) is 0 Å². The molecule has 0 unspecified atom stereocenters. The molecule has 0 aromatic heterocycles. The Kier molecular flexibility index (Phi) is 8.66. The van der Waals surface area contributed by atoms with Crippen molar-refractivity contribution >= 4 is 13.3 Å². The molecule has 102 valence electrons. The maximum atomic E-state index is 5.95. The monoisotopic (exact) mass is 528 g/mol. The molecule has 0 aliphatic carbocycles. The van der Waals surface area contributed by atoms with Crippen molar-refractivity contribution in [1.82, 2.24) is 0 Å². The van der Waals surface area contributed by atoms with E-state index < -0.39 is 8.07 Å². The van der Waals surface area contributed by atoms with Gasteiger partial charge < -0.3 is 21.7 Å². The van der Waals surface area contributed by atoms with Gasteiger partial charge >= 0.3 is 27.7 Å². The minimum absolute atomic E-state index is 0. The van der Waals surface area contributed by atoms with Crippen LogP contribution in [-0.4, -0.2) is 20.3 Å². The first-order valence-corrected chi connectivity index (χ1v) is 9.67. The second-order valence-electron chi connectivity index (χ2n) is 5.63. The minimum Gasteiger partial charge on any atom is -1.00 e. The molecule has 1 aromatic rings. The van der Waals surface area contributed by atoms with E-state index in [2.05, 4.69) is 57.3 Å². The molecule has 1 heterocycles. The topological polar surface area (TPSA) is 9.23 Å². The summed E-state index contributed by atoms with van der Waals surface area (Å²) in [6.45, 7) is 11.3. The Morgan fingerprint density at radius 2 is 1.84 bits per heavy atom. The van der Waals surface area contributed by atoms with Crippen LogP contribution in [0.15, 0.2) is 30.3 Å². The van der Waals surface area contributed by atoms with E-state index >= 15 is 0 Å². The Hall–Kier alpha value is 0.812. The molecule has 1 aromatic carbocycles. The van der Waals surface area contributed by atoms with Crippen molar-refractivity contribution in [3.8, 4) is 0 Å². The van der Waals surface area contributed by atoms with Crippen LogP contribution in [0.2, 0.25) is 18.6 Å². The fraction of sp³-hybridized carbons (Fsp3) is 0.533. The van der Waals surface area contributed by atoms with E-state index in [4.69, 9.17) is 4.74 Å². The largest absolute Gasteiger partial charge is 1.00 e. The minimum atomic E-state index is -1.44. The van der Waals surface area contributed by atoms with Crippen molar-refractivity contribution in [2.75, 3.05) is 0 Å². The van der Waals surface area contributed by atoms with E-state index in [-0.39, 0.29) is 50.8 Å². The van der Waals surface area contributed by atoms with Gasteiger partial charge in [-0.25, -0.2) is 0 Å². The van der Waals surface area contributed by atoms with Gasteiger partial charge in [0.15, 0.2) is 0 Å². The Balaban J connectivity index is 0.00000162. The molecule has 0 spiro atoms. The third kappa shape index (κ3) is 4.39. The van der Waals surface area contributed by atoms with E-state index in [1.54, 1.807) is 5.19 Å². The first-order valence-electron chi connectivity index (χ1n) is 6.59. The Morgan fingerprint density at radius 3 is 2.37 bits per heavy atom. The fourth-order valence-electron chi connectivity index (χ4n) is 3.05. The molecule has 0 bridgehead atoms. The molecule has 0 N–H and O–H groups in total. The van der Waals surface area contributed by atoms with E-state index in [0.717, 1.165) is 12.8 Å². The molecular formula is C15H23BrHgOSi. The number of hydrogen-bond donors (Lipinski definition) is 0. The molecule has 2 rings (SSSR count). The van der Waals surface area contributed by atoms with E-state index in [1.165, 1.54) is 0 Å². The molecule has 1 fully saturated rings. The molecule has 1 saturated heterocycles. The maximum Gasteiger partial charge on any atom is 1.00 e. The van der Waals surface area contributed by atoms with Gasteiger partial charge in [0.25, 0.3) is 0 Å². The summed E-state index contributed by atoms with van der Waals surface area (Å²) >= 11 is 0. The van der Waals surface area contributed by atoms with Crippen LogP contribution in [0.25, 0.3) is 0 Å². The van der Waals surface area contributed by atoms with E-state index in [9.17, 15) is 0 Å². The van der Waals surface area contributed by atoms with Gasteiger partial charge in [0, 0.05) is 0 Å². The summed E-state index contributed by atoms with van der Waals surface area (Å²) in [6, 6.07) is 11.0. The second-order valence-corrected chi connectivity index (χ2v) is 10.4. The molecule has 2 radical (unpaired) electrons. The standard InChI is InChI=1S/C15H23OSi.BrH.Hg/c1-5-14-15(11-12(2)16-14)17(3,4)13-9-7-6-8-10-13;;/h6-10,12,14-15H,2,5,11H2,1,3-4H3;1H;/q;;+1/p-1/t12-,14+,15+;;/m1../s1. The molecule has 0 saturated carbocycles. The van der Waals surface area contributed by atoms with Crippen LogP contribution < -0.4 is 22.2 Å². The predicted octanol–water partition coefficient (Wildman–Crippen LogP) is 0.375. The normalized spacial score (nSPS) is 26.4. The van der Waals surface area contributed by atoms with Crippen molar-refractivity contribution < 1.29 is 49.4 Å². The summed E-state index contributed by atoms with van der Waals surface area (Å²) in [5.41, 5.74) is 0.706. The van der Waals surface area contributed by atoms with Crippen molar-refractivity contribution in [3.63, 3.8) is 0 Å². The molecule has 1 nitrogen and oxygen atoms in total.